The van der Waals surface area contributed by atoms with Crippen molar-refractivity contribution in [2.45, 2.75) is 33.6 Å². The van der Waals surface area contributed by atoms with Gasteiger partial charge in [-0.05, 0) is 24.0 Å². The van der Waals surface area contributed by atoms with Crippen LogP contribution in [0.3, 0.4) is 0 Å². The Labute approximate surface area is 155 Å². The monoisotopic (exact) mass is 354 g/mol. The lowest BCUT2D eigenvalue weighted by Gasteiger charge is -2.33. The van der Waals surface area contributed by atoms with Crippen LogP contribution in [-0.4, -0.2) is 47.8 Å². The van der Waals surface area contributed by atoms with E-state index in [2.05, 4.69) is 5.32 Å². The van der Waals surface area contributed by atoms with Gasteiger partial charge in [0, 0.05) is 45.0 Å². The fraction of sp³-hybridized carbons (Fsp3) is 0.450. The van der Waals surface area contributed by atoms with Gasteiger partial charge in [0.1, 0.15) is 11.6 Å². The van der Waals surface area contributed by atoms with E-state index < -0.39 is 5.91 Å². The van der Waals surface area contributed by atoms with Gasteiger partial charge in [-0.25, -0.2) is 0 Å². The fourth-order valence-electron chi connectivity index (χ4n) is 3.07. The third-order valence-electron chi connectivity index (χ3n) is 4.67. The van der Waals surface area contributed by atoms with E-state index in [4.69, 9.17) is 0 Å². The third kappa shape index (κ3) is 4.63. The zero-order valence-corrected chi connectivity index (χ0v) is 15.7. The van der Waals surface area contributed by atoms with Crippen molar-refractivity contribution in [3.63, 3.8) is 0 Å². The summed E-state index contributed by atoms with van der Waals surface area (Å²) >= 11 is 0. The minimum Gasteiger partial charge on any atom is -0.373 e. The van der Waals surface area contributed by atoms with Crippen molar-refractivity contribution in [1.82, 2.24) is 9.80 Å². The van der Waals surface area contributed by atoms with Gasteiger partial charge in [-0.3, -0.25) is 9.59 Å². The number of nitrogens with one attached hydrogen (secondary N) is 1. The molecule has 1 saturated heterocycles. The molecule has 0 saturated carbocycles. The molecule has 6 nitrogen and oxygen atoms in total. The van der Waals surface area contributed by atoms with Crippen molar-refractivity contribution in [1.29, 1.82) is 5.26 Å². The summed E-state index contributed by atoms with van der Waals surface area (Å²) in [6.07, 6.45) is 3.22. The number of carbonyl (C=O) groups is 2. The van der Waals surface area contributed by atoms with Crippen LogP contribution in [0.25, 0.3) is 0 Å². The van der Waals surface area contributed by atoms with Gasteiger partial charge in [-0.15, -0.1) is 0 Å². The first-order valence-corrected chi connectivity index (χ1v) is 9.03. The highest BCUT2D eigenvalue weighted by molar-refractivity contribution is 6.07. The van der Waals surface area contributed by atoms with E-state index in [0.717, 1.165) is 29.7 Å². The van der Waals surface area contributed by atoms with E-state index in [-0.39, 0.29) is 11.5 Å². The number of nitrogens with zero attached hydrogens (tertiary/aromatic N) is 3. The molecule has 138 valence electrons. The van der Waals surface area contributed by atoms with Crippen molar-refractivity contribution in [3.05, 3.63) is 41.1 Å². The summed E-state index contributed by atoms with van der Waals surface area (Å²) in [6.45, 7) is 8.07. The summed E-state index contributed by atoms with van der Waals surface area (Å²) in [6, 6.07) is 7.98. The summed E-state index contributed by atoms with van der Waals surface area (Å²) in [5.41, 5.74) is 3.01. The predicted octanol–water partition coefficient (Wildman–Crippen LogP) is 2.32. The molecule has 1 aliphatic rings. The van der Waals surface area contributed by atoms with Crippen molar-refractivity contribution in [3.8, 4) is 6.07 Å². The predicted molar refractivity (Wildman–Crippen MR) is 101 cm³/mol. The molecule has 2 amide bonds. The Morgan fingerprint density at radius 2 is 1.73 bits per heavy atom. The van der Waals surface area contributed by atoms with E-state index in [1.807, 2.05) is 43.0 Å². The lowest BCUT2D eigenvalue weighted by atomic mass is 10.0. The second kappa shape index (κ2) is 9.04. The van der Waals surface area contributed by atoms with E-state index >= 15 is 0 Å². The van der Waals surface area contributed by atoms with Crippen LogP contribution in [0.2, 0.25) is 0 Å². The molecule has 1 N–H and O–H groups in total. The summed E-state index contributed by atoms with van der Waals surface area (Å²) in [7, 11) is 0. The minimum atomic E-state index is -0.392. The first kappa shape index (κ1) is 19.5. The van der Waals surface area contributed by atoms with Gasteiger partial charge in [0.15, 0.2) is 0 Å². The van der Waals surface area contributed by atoms with Gasteiger partial charge in [-0.2, -0.15) is 5.26 Å². The van der Waals surface area contributed by atoms with Gasteiger partial charge in [0.2, 0.25) is 5.91 Å². The van der Waals surface area contributed by atoms with Crippen molar-refractivity contribution >= 4 is 17.5 Å². The van der Waals surface area contributed by atoms with Crippen LogP contribution < -0.4 is 5.32 Å². The number of benzene rings is 1. The van der Waals surface area contributed by atoms with Crippen LogP contribution >= 0.6 is 0 Å². The zero-order chi connectivity index (χ0) is 19.1. The summed E-state index contributed by atoms with van der Waals surface area (Å²) in [5, 5.41) is 12.4. The molecular formula is C20H26N4O2. The molecule has 0 bridgehead atoms. The standard InChI is InChI=1S/C20H26N4O2/c1-4-16-7-6-8-17(5-2)19(16)22-20(26)18(13-21)14-23-9-11-24(12-10-23)15(3)25/h6-8,14H,4-5,9-12H2,1-3H3,(H,22,26)/b18-14-. The van der Waals surface area contributed by atoms with Gasteiger partial charge in [-0.1, -0.05) is 32.0 Å². The fourth-order valence-corrected chi connectivity index (χ4v) is 3.07. The topological polar surface area (TPSA) is 76.4 Å². The Hall–Kier alpha value is -2.81. The Balaban J connectivity index is 2.13. The number of para-hydroxylation sites is 1. The highest BCUT2D eigenvalue weighted by Crippen LogP contribution is 2.23. The Morgan fingerprint density at radius 1 is 1.15 bits per heavy atom. The molecule has 0 aromatic heterocycles. The van der Waals surface area contributed by atoms with Gasteiger partial charge < -0.3 is 15.1 Å². The molecule has 1 aromatic carbocycles. The second-order valence-corrected chi connectivity index (χ2v) is 6.31. The Morgan fingerprint density at radius 3 is 2.19 bits per heavy atom. The third-order valence-corrected chi connectivity index (χ3v) is 4.67. The smallest absolute Gasteiger partial charge is 0.267 e. The number of hydrogen-bond donors (Lipinski definition) is 1. The number of nitriles is 1. The molecule has 1 heterocycles. The number of aryl methyl sites for hydroxylation is 2. The normalized spacial score (nSPS) is 14.8. The molecule has 0 aliphatic carbocycles. The number of amides is 2. The largest absolute Gasteiger partial charge is 0.373 e. The van der Waals surface area contributed by atoms with E-state index in [9.17, 15) is 14.9 Å². The number of carbonyl (C=O) groups excluding carboxylic acids is 2. The number of rotatable bonds is 5. The molecule has 1 aromatic rings. The van der Waals surface area contributed by atoms with Crippen LogP contribution in [0.1, 0.15) is 31.9 Å². The molecule has 0 spiro atoms. The average molecular weight is 354 g/mol. The van der Waals surface area contributed by atoms with E-state index in [1.54, 1.807) is 18.0 Å². The van der Waals surface area contributed by atoms with Crippen molar-refractivity contribution in [2.75, 3.05) is 31.5 Å². The SMILES string of the molecule is CCc1cccc(CC)c1NC(=O)/C(C#N)=C\N1CCN(C(C)=O)CC1. The molecule has 2 rings (SSSR count). The molecule has 26 heavy (non-hydrogen) atoms. The minimum absolute atomic E-state index is 0.0511. The van der Waals surface area contributed by atoms with Crippen LogP contribution in [0.15, 0.2) is 30.0 Å². The maximum Gasteiger partial charge on any atom is 0.267 e. The summed E-state index contributed by atoms with van der Waals surface area (Å²) in [4.78, 5) is 27.7. The molecule has 0 atom stereocenters. The Bertz CT molecular complexity index is 718. The van der Waals surface area contributed by atoms with Crippen molar-refractivity contribution < 1.29 is 9.59 Å². The summed E-state index contributed by atoms with van der Waals surface area (Å²) in [5.74, 6) is -0.341. The lowest BCUT2D eigenvalue weighted by molar-refractivity contribution is -0.130. The molecule has 0 unspecified atom stereocenters. The molecule has 1 fully saturated rings. The quantitative estimate of drug-likeness (QED) is 0.650. The van der Waals surface area contributed by atoms with Gasteiger partial charge in [0.05, 0.1) is 0 Å². The highest BCUT2D eigenvalue weighted by atomic mass is 16.2. The highest BCUT2D eigenvalue weighted by Gasteiger charge is 2.19. The number of hydrogen-bond acceptors (Lipinski definition) is 4. The van der Waals surface area contributed by atoms with Crippen molar-refractivity contribution in [2.24, 2.45) is 0 Å². The first-order chi connectivity index (χ1) is 12.5. The van der Waals surface area contributed by atoms with Crippen LogP contribution in [0.4, 0.5) is 5.69 Å². The molecule has 1 aliphatic heterocycles. The van der Waals surface area contributed by atoms with Crippen LogP contribution in [0.5, 0.6) is 0 Å². The van der Waals surface area contributed by atoms with Gasteiger partial charge in [0.25, 0.3) is 5.91 Å². The van der Waals surface area contributed by atoms with Crippen LogP contribution in [-0.2, 0) is 22.4 Å². The number of piperazine rings is 1. The summed E-state index contributed by atoms with van der Waals surface area (Å²) < 4.78 is 0. The molecular weight excluding hydrogens is 328 g/mol. The maximum absolute atomic E-state index is 12.6. The lowest BCUT2D eigenvalue weighted by Crippen LogP contribution is -2.46. The molecule has 0 radical (unpaired) electrons. The average Bonchev–Trinajstić information content (AvgIpc) is 2.66. The van der Waals surface area contributed by atoms with Crippen LogP contribution in [0, 0.1) is 11.3 Å². The Kier molecular flexibility index (Phi) is 6.79. The van der Waals surface area contributed by atoms with E-state index in [0.29, 0.717) is 26.2 Å². The number of anilines is 1. The first-order valence-electron chi connectivity index (χ1n) is 9.03. The van der Waals surface area contributed by atoms with Gasteiger partial charge >= 0.3 is 0 Å². The maximum atomic E-state index is 12.6. The second-order valence-electron chi connectivity index (χ2n) is 6.31. The zero-order valence-electron chi connectivity index (χ0n) is 15.7. The molecule has 6 heteroatoms. The van der Waals surface area contributed by atoms with E-state index in [1.165, 1.54) is 0 Å².